The molecule has 3 N–H and O–H groups in total. The Bertz CT molecular complexity index is 1320. The molecule has 0 aromatic heterocycles. The van der Waals surface area contributed by atoms with E-state index in [-0.39, 0.29) is 24.6 Å². The molecule has 1 aromatic carbocycles. The molecule has 2 unspecified atom stereocenters. The molecule has 8 heteroatoms. The smallest absolute Gasteiger partial charge is 0.328 e. The number of hydrogen-bond acceptors (Lipinski definition) is 5. The Morgan fingerprint density at radius 1 is 0.822 bits per heavy atom. The normalized spacial score (nSPS) is 17.6. The summed E-state index contributed by atoms with van der Waals surface area (Å²) in [6.45, 7) is 3.38. The van der Waals surface area contributed by atoms with E-state index >= 15 is 0 Å². The van der Waals surface area contributed by atoms with Crippen LogP contribution in [0, 0.1) is 0 Å². The molecule has 2 rings (SSSR count). The van der Waals surface area contributed by atoms with Gasteiger partial charge in [-0.1, -0.05) is 110 Å². The Kier molecular flexibility index (Phi) is 17.1. The van der Waals surface area contributed by atoms with Crippen LogP contribution in [0.15, 0.2) is 115 Å². The van der Waals surface area contributed by atoms with Crippen LogP contribution in [0.5, 0.6) is 0 Å². The number of nitrogens with one attached hydrogen (secondary N) is 2. The minimum atomic E-state index is -1.39. The van der Waals surface area contributed by atoms with Crippen molar-refractivity contribution >= 4 is 23.6 Å². The lowest BCUT2D eigenvalue weighted by atomic mass is 9.92. The molecule has 1 aliphatic heterocycles. The van der Waals surface area contributed by atoms with Crippen molar-refractivity contribution in [1.29, 1.82) is 0 Å². The number of ether oxygens (including phenoxy) is 1. The summed E-state index contributed by atoms with van der Waals surface area (Å²) in [4.78, 5) is 49.2. The van der Waals surface area contributed by atoms with Crippen LogP contribution in [0.3, 0.4) is 0 Å². The maximum Gasteiger partial charge on any atom is 0.328 e. The molecule has 1 aromatic rings. The third kappa shape index (κ3) is 14.1. The monoisotopic (exact) mass is 614 g/mol. The number of rotatable bonds is 20. The third-order valence-corrected chi connectivity index (χ3v) is 6.84. The van der Waals surface area contributed by atoms with Crippen LogP contribution in [0.2, 0.25) is 0 Å². The summed E-state index contributed by atoms with van der Waals surface area (Å²) in [7, 11) is 0. The van der Waals surface area contributed by atoms with Gasteiger partial charge in [0.05, 0.1) is 0 Å². The summed E-state index contributed by atoms with van der Waals surface area (Å²) < 4.78 is 5.66. The lowest BCUT2D eigenvalue weighted by Gasteiger charge is -2.24. The molecule has 0 bridgehead atoms. The van der Waals surface area contributed by atoms with E-state index in [0.717, 1.165) is 44.6 Å². The van der Waals surface area contributed by atoms with Crippen molar-refractivity contribution < 1.29 is 29.0 Å². The average Bonchev–Trinajstić information content (AvgIpc) is 3.35. The van der Waals surface area contributed by atoms with Crippen molar-refractivity contribution in [3.05, 3.63) is 121 Å². The van der Waals surface area contributed by atoms with Gasteiger partial charge in [0, 0.05) is 24.6 Å². The lowest BCUT2D eigenvalue weighted by Crippen LogP contribution is -2.49. The van der Waals surface area contributed by atoms with Crippen LogP contribution >= 0.6 is 0 Å². The van der Waals surface area contributed by atoms with Crippen LogP contribution in [0.1, 0.15) is 70.8 Å². The van der Waals surface area contributed by atoms with Crippen LogP contribution in [-0.2, 0) is 29.5 Å². The minimum absolute atomic E-state index is 0.181. The van der Waals surface area contributed by atoms with E-state index in [4.69, 9.17) is 4.74 Å². The van der Waals surface area contributed by atoms with Gasteiger partial charge in [0.25, 0.3) is 5.91 Å². The molecule has 45 heavy (non-hydrogen) atoms. The number of ketones is 1. The number of carbonyl (C=O) groups is 4. The first-order valence-corrected chi connectivity index (χ1v) is 15.5. The molecule has 2 atom stereocenters. The van der Waals surface area contributed by atoms with E-state index < -0.39 is 29.3 Å². The third-order valence-electron chi connectivity index (χ3n) is 6.84. The van der Waals surface area contributed by atoms with Crippen molar-refractivity contribution in [1.82, 2.24) is 10.6 Å². The van der Waals surface area contributed by atoms with E-state index in [9.17, 15) is 24.3 Å². The highest BCUT2D eigenvalue weighted by Crippen LogP contribution is 2.34. The van der Waals surface area contributed by atoms with Crippen LogP contribution < -0.4 is 10.6 Å². The van der Waals surface area contributed by atoms with Crippen molar-refractivity contribution in [2.75, 3.05) is 6.54 Å². The van der Waals surface area contributed by atoms with Gasteiger partial charge in [-0.2, -0.15) is 0 Å². The number of carboxylic acid groups (broad SMARTS) is 1. The number of benzene rings is 1. The molecule has 0 saturated carbocycles. The first-order chi connectivity index (χ1) is 21.8. The van der Waals surface area contributed by atoms with Gasteiger partial charge in [-0.25, -0.2) is 4.79 Å². The van der Waals surface area contributed by atoms with Gasteiger partial charge in [-0.05, 0) is 51.9 Å². The maximum atomic E-state index is 12.7. The minimum Gasteiger partial charge on any atom is -0.480 e. The summed E-state index contributed by atoms with van der Waals surface area (Å²) in [5, 5.41) is 14.4. The molecular formula is C37H46N2O6. The topological polar surface area (TPSA) is 122 Å². The molecule has 8 nitrogen and oxygen atoms in total. The fourth-order valence-electron chi connectivity index (χ4n) is 4.21. The van der Waals surface area contributed by atoms with Crippen LogP contribution in [-0.4, -0.2) is 41.3 Å². The quantitative estimate of drug-likeness (QED) is 0.143. The predicted octanol–water partition coefficient (Wildman–Crippen LogP) is 6.55. The van der Waals surface area contributed by atoms with Gasteiger partial charge in [-0.3, -0.25) is 14.4 Å². The molecule has 2 amide bonds. The average molecular weight is 615 g/mol. The molecular weight excluding hydrogens is 568 g/mol. The summed E-state index contributed by atoms with van der Waals surface area (Å²) in [6.07, 6.45) is 32.7. The number of aliphatic carboxylic acids is 1. The standard InChI is InChI=1S/C37H46N2O6/c1-3-4-5-6-7-8-9-10-11-12-13-14-15-16-17-18-19-20-24-27-34(41)38-29-31(36(43)44)39-35(42)32-28-33(40)37(2,45-32)30-25-22-21-23-26-30/h4-5,7-8,10-11,13-14,16-17,19-23,25-26,28,31H,3,6,9,12,15,18,24,27,29H2,1-2H3,(H,38,41)(H,39,42)(H,43,44). The Morgan fingerprint density at radius 2 is 1.33 bits per heavy atom. The van der Waals surface area contributed by atoms with Crippen LogP contribution in [0.25, 0.3) is 0 Å². The molecule has 0 radical (unpaired) electrons. The zero-order valence-corrected chi connectivity index (χ0v) is 26.3. The Morgan fingerprint density at radius 3 is 1.84 bits per heavy atom. The van der Waals surface area contributed by atoms with E-state index in [2.05, 4.69) is 78.3 Å². The highest BCUT2D eigenvalue weighted by molar-refractivity contribution is 6.08. The predicted molar refractivity (Wildman–Crippen MR) is 178 cm³/mol. The molecule has 1 heterocycles. The number of amides is 2. The number of hydrogen-bond donors (Lipinski definition) is 3. The summed E-state index contributed by atoms with van der Waals surface area (Å²) in [5.74, 6) is -3.20. The Hall–Kier alpha value is -4.72. The zero-order chi connectivity index (χ0) is 32.8. The second-order valence-electron chi connectivity index (χ2n) is 10.5. The fourth-order valence-corrected chi connectivity index (χ4v) is 4.21. The zero-order valence-electron chi connectivity index (χ0n) is 26.3. The first-order valence-electron chi connectivity index (χ1n) is 15.5. The van der Waals surface area contributed by atoms with Crippen molar-refractivity contribution in [3.63, 3.8) is 0 Å². The largest absolute Gasteiger partial charge is 0.480 e. The van der Waals surface area contributed by atoms with E-state index in [1.165, 1.54) is 0 Å². The highest BCUT2D eigenvalue weighted by Gasteiger charge is 2.44. The summed E-state index contributed by atoms with van der Waals surface area (Å²) in [6, 6.07) is 7.32. The van der Waals surface area contributed by atoms with Crippen molar-refractivity contribution in [2.45, 2.75) is 76.9 Å². The maximum absolute atomic E-state index is 12.7. The molecule has 0 saturated heterocycles. The number of allylic oxidation sites excluding steroid dienone is 12. The van der Waals surface area contributed by atoms with E-state index in [1.54, 1.807) is 37.3 Å². The van der Waals surface area contributed by atoms with Crippen molar-refractivity contribution in [3.8, 4) is 0 Å². The van der Waals surface area contributed by atoms with E-state index in [1.807, 2.05) is 12.2 Å². The second-order valence-corrected chi connectivity index (χ2v) is 10.5. The SMILES string of the molecule is CCC=CCC=CCC=CCC=CCC=CCC=CCCC(=O)NCC(NC(=O)C1=CC(=O)C(C)(c2ccccc2)O1)C(=O)O. The fraction of sp³-hybridized carbons (Fsp3) is 0.351. The van der Waals surface area contributed by atoms with E-state index in [0.29, 0.717) is 12.0 Å². The lowest BCUT2D eigenvalue weighted by molar-refractivity contribution is -0.142. The number of carbonyl (C=O) groups excluding carboxylic acids is 3. The van der Waals surface area contributed by atoms with Crippen LogP contribution in [0.4, 0.5) is 0 Å². The van der Waals surface area contributed by atoms with Crippen molar-refractivity contribution in [2.24, 2.45) is 0 Å². The molecule has 0 spiro atoms. The van der Waals surface area contributed by atoms with Gasteiger partial charge in [0.2, 0.25) is 11.7 Å². The molecule has 240 valence electrons. The van der Waals surface area contributed by atoms with Gasteiger partial charge < -0.3 is 20.5 Å². The number of carboxylic acids is 1. The summed E-state index contributed by atoms with van der Waals surface area (Å²) >= 11 is 0. The summed E-state index contributed by atoms with van der Waals surface area (Å²) in [5.41, 5.74) is -0.801. The Balaban J connectivity index is 1.60. The van der Waals surface area contributed by atoms with Gasteiger partial charge in [-0.15, -0.1) is 0 Å². The molecule has 0 fully saturated rings. The highest BCUT2D eigenvalue weighted by atomic mass is 16.5. The molecule has 1 aliphatic rings. The van der Waals surface area contributed by atoms with Gasteiger partial charge in [0.15, 0.2) is 11.4 Å². The van der Waals surface area contributed by atoms with Gasteiger partial charge in [0.1, 0.15) is 6.04 Å². The molecule has 0 aliphatic carbocycles. The first kappa shape index (κ1) is 36.5. The Labute approximate surface area is 267 Å². The second kappa shape index (κ2) is 21.1. The van der Waals surface area contributed by atoms with Gasteiger partial charge >= 0.3 is 5.97 Å².